The molecule has 0 aromatic carbocycles. The molecule has 6 nitrogen and oxygen atoms in total. The fourth-order valence-electron chi connectivity index (χ4n) is 1.61. The van der Waals surface area contributed by atoms with Crippen LogP contribution in [0, 0.1) is 6.92 Å². The van der Waals surface area contributed by atoms with Gasteiger partial charge in [-0.15, -0.1) is 11.3 Å². The number of hydrogen-bond donors (Lipinski definition) is 2. The minimum absolute atomic E-state index is 0.0324. The topological polar surface area (TPSA) is 83.8 Å². The lowest BCUT2D eigenvalue weighted by atomic mass is 10.4. The quantitative estimate of drug-likeness (QED) is 0.720. The number of hydrogen-bond acceptors (Lipinski definition) is 7. The Balaban J connectivity index is 1.87. The van der Waals surface area contributed by atoms with Crippen LogP contribution in [0.5, 0.6) is 5.88 Å². The van der Waals surface area contributed by atoms with E-state index in [4.69, 9.17) is 11.6 Å². The summed E-state index contributed by atoms with van der Waals surface area (Å²) in [5, 5.41) is 13.6. The van der Waals surface area contributed by atoms with Gasteiger partial charge in [0.25, 0.3) is 0 Å². The van der Waals surface area contributed by atoms with Crippen LogP contribution >= 0.6 is 22.9 Å². The lowest BCUT2D eigenvalue weighted by Crippen LogP contribution is -1.98. The van der Waals surface area contributed by atoms with Gasteiger partial charge in [-0.05, 0) is 25.1 Å². The van der Waals surface area contributed by atoms with Crippen molar-refractivity contribution in [1.82, 2.24) is 19.9 Å². The maximum absolute atomic E-state index is 9.55. The largest absolute Gasteiger partial charge is 0.492 e. The van der Waals surface area contributed by atoms with Crippen LogP contribution in [0.2, 0.25) is 5.15 Å². The molecule has 0 aliphatic heterocycles. The van der Waals surface area contributed by atoms with Crippen LogP contribution in [0.1, 0.15) is 4.88 Å². The highest BCUT2D eigenvalue weighted by Crippen LogP contribution is 2.30. The van der Waals surface area contributed by atoms with Gasteiger partial charge in [-0.25, -0.2) is 15.0 Å². The third kappa shape index (κ3) is 3.09. The predicted molar refractivity (Wildman–Crippen MR) is 82.1 cm³/mol. The predicted octanol–water partition coefficient (Wildman–Crippen LogP) is 3.41. The van der Waals surface area contributed by atoms with Crippen LogP contribution < -0.4 is 5.32 Å². The van der Waals surface area contributed by atoms with E-state index < -0.39 is 0 Å². The standard InChI is InChI=1S/C13H10ClN5OS/c1-7-11(20)19-12(21-7)9-4-5-15-13(18-9)17-8-2-3-10(14)16-6-8/h2-6,20H,1H3,(H,15,17,18). The smallest absolute Gasteiger partial charge is 0.227 e. The fraction of sp³-hybridized carbons (Fsp3) is 0.0769. The van der Waals surface area contributed by atoms with Gasteiger partial charge in [-0.3, -0.25) is 0 Å². The highest BCUT2D eigenvalue weighted by molar-refractivity contribution is 7.15. The van der Waals surface area contributed by atoms with E-state index in [1.807, 2.05) is 0 Å². The summed E-state index contributed by atoms with van der Waals surface area (Å²) in [6.07, 6.45) is 3.22. The van der Waals surface area contributed by atoms with Crippen molar-refractivity contribution in [2.75, 3.05) is 5.32 Å². The van der Waals surface area contributed by atoms with Crippen molar-refractivity contribution in [2.45, 2.75) is 6.92 Å². The second-order valence-corrected chi connectivity index (χ2v) is 5.75. The van der Waals surface area contributed by atoms with Crippen molar-refractivity contribution in [1.29, 1.82) is 0 Å². The molecule has 0 radical (unpaired) electrons. The maximum Gasteiger partial charge on any atom is 0.227 e. The monoisotopic (exact) mass is 319 g/mol. The van der Waals surface area contributed by atoms with Crippen LogP contribution in [0.25, 0.3) is 10.7 Å². The van der Waals surface area contributed by atoms with Gasteiger partial charge in [-0.1, -0.05) is 11.6 Å². The molecule has 0 atom stereocenters. The number of nitrogens with zero attached hydrogens (tertiary/aromatic N) is 4. The van der Waals surface area contributed by atoms with E-state index >= 15 is 0 Å². The number of aryl methyl sites for hydroxylation is 1. The molecule has 0 aliphatic carbocycles. The molecule has 0 saturated carbocycles. The lowest BCUT2D eigenvalue weighted by Gasteiger charge is -2.04. The normalized spacial score (nSPS) is 10.6. The summed E-state index contributed by atoms with van der Waals surface area (Å²) in [5.74, 6) is 0.453. The first-order chi connectivity index (χ1) is 10.1. The molecule has 0 unspecified atom stereocenters. The Morgan fingerprint density at radius 2 is 2.05 bits per heavy atom. The van der Waals surface area contributed by atoms with E-state index in [0.717, 1.165) is 10.6 Å². The Bertz CT molecular complexity index is 755. The third-order valence-corrected chi connectivity index (χ3v) is 3.84. The van der Waals surface area contributed by atoms with Crippen molar-refractivity contribution in [3.05, 3.63) is 40.6 Å². The summed E-state index contributed by atoms with van der Waals surface area (Å²) in [5.41, 5.74) is 1.37. The minimum Gasteiger partial charge on any atom is -0.492 e. The molecule has 0 fully saturated rings. The van der Waals surface area contributed by atoms with Crippen LogP contribution in [0.4, 0.5) is 11.6 Å². The zero-order chi connectivity index (χ0) is 14.8. The van der Waals surface area contributed by atoms with E-state index in [9.17, 15) is 5.11 Å². The number of rotatable bonds is 3. The summed E-state index contributed by atoms with van der Waals surface area (Å²) >= 11 is 7.11. The first-order valence-corrected chi connectivity index (χ1v) is 7.19. The fourth-order valence-corrected chi connectivity index (χ4v) is 2.50. The number of thiazole rings is 1. The molecular formula is C13H10ClN5OS. The van der Waals surface area contributed by atoms with Gasteiger partial charge in [0.1, 0.15) is 15.9 Å². The van der Waals surface area contributed by atoms with Crippen molar-refractivity contribution in [3.8, 4) is 16.6 Å². The Kier molecular flexibility index (Phi) is 3.68. The summed E-state index contributed by atoms with van der Waals surface area (Å²) in [4.78, 5) is 17.3. The molecule has 3 aromatic heterocycles. The number of halogens is 1. The number of aromatic nitrogens is 4. The van der Waals surface area contributed by atoms with Crippen molar-refractivity contribution in [2.24, 2.45) is 0 Å². The molecule has 0 aliphatic rings. The molecule has 21 heavy (non-hydrogen) atoms. The maximum atomic E-state index is 9.55. The van der Waals surface area contributed by atoms with E-state index in [0.29, 0.717) is 21.8 Å². The molecule has 8 heteroatoms. The number of pyridine rings is 1. The molecule has 2 N–H and O–H groups in total. The van der Waals surface area contributed by atoms with Crippen molar-refractivity contribution >= 4 is 34.6 Å². The van der Waals surface area contributed by atoms with Gasteiger partial charge in [0.2, 0.25) is 11.8 Å². The summed E-state index contributed by atoms with van der Waals surface area (Å²) in [6.45, 7) is 1.80. The minimum atomic E-state index is 0.0324. The van der Waals surface area contributed by atoms with Crippen molar-refractivity contribution in [3.63, 3.8) is 0 Å². The Hall–Kier alpha value is -2.25. The van der Waals surface area contributed by atoms with Crippen LogP contribution in [-0.4, -0.2) is 25.0 Å². The average molecular weight is 320 g/mol. The number of nitrogens with one attached hydrogen (secondary N) is 1. The van der Waals surface area contributed by atoms with E-state index in [1.54, 1.807) is 37.5 Å². The first-order valence-electron chi connectivity index (χ1n) is 6.00. The van der Waals surface area contributed by atoms with Gasteiger partial charge in [0.15, 0.2) is 0 Å². The second kappa shape index (κ2) is 5.63. The SMILES string of the molecule is Cc1sc(-c2ccnc(Nc3ccc(Cl)nc3)n2)nc1O. The lowest BCUT2D eigenvalue weighted by molar-refractivity contribution is 0.454. The first kappa shape index (κ1) is 13.7. The molecule has 0 amide bonds. The molecule has 0 saturated heterocycles. The Morgan fingerprint density at radius 1 is 1.19 bits per heavy atom. The zero-order valence-electron chi connectivity index (χ0n) is 10.9. The third-order valence-electron chi connectivity index (χ3n) is 2.63. The molecular weight excluding hydrogens is 310 g/mol. The van der Waals surface area contributed by atoms with Gasteiger partial charge < -0.3 is 10.4 Å². The molecule has 0 bridgehead atoms. The summed E-state index contributed by atoms with van der Waals surface area (Å²) in [7, 11) is 0. The highest BCUT2D eigenvalue weighted by Gasteiger charge is 2.10. The van der Waals surface area contributed by atoms with E-state index in [2.05, 4.69) is 25.3 Å². The second-order valence-electron chi connectivity index (χ2n) is 4.16. The molecule has 106 valence electrons. The van der Waals surface area contributed by atoms with E-state index in [-0.39, 0.29) is 5.88 Å². The Labute approximate surface area is 129 Å². The number of aromatic hydroxyl groups is 1. The number of anilines is 2. The summed E-state index contributed by atoms with van der Waals surface area (Å²) < 4.78 is 0. The van der Waals surface area contributed by atoms with Gasteiger partial charge >= 0.3 is 0 Å². The van der Waals surface area contributed by atoms with Crippen molar-refractivity contribution < 1.29 is 5.11 Å². The summed E-state index contributed by atoms with van der Waals surface area (Å²) in [6, 6.07) is 5.20. The zero-order valence-corrected chi connectivity index (χ0v) is 12.5. The van der Waals surface area contributed by atoms with Crippen LogP contribution in [-0.2, 0) is 0 Å². The van der Waals surface area contributed by atoms with Crippen LogP contribution in [0.15, 0.2) is 30.6 Å². The van der Waals surface area contributed by atoms with Gasteiger partial charge in [0, 0.05) is 6.20 Å². The van der Waals surface area contributed by atoms with E-state index in [1.165, 1.54) is 11.3 Å². The van der Waals surface area contributed by atoms with Crippen LogP contribution in [0.3, 0.4) is 0 Å². The Morgan fingerprint density at radius 3 is 2.71 bits per heavy atom. The molecule has 3 aromatic rings. The highest BCUT2D eigenvalue weighted by atomic mass is 35.5. The molecule has 3 rings (SSSR count). The van der Waals surface area contributed by atoms with Gasteiger partial charge in [-0.2, -0.15) is 4.98 Å². The average Bonchev–Trinajstić information content (AvgIpc) is 2.82. The molecule has 0 spiro atoms. The van der Waals surface area contributed by atoms with Gasteiger partial charge in [0.05, 0.1) is 16.8 Å². The molecule has 3 heterocycles.